The summed E-state index contributed by atoms with van der Waals surface area (Å²) < 4.78 is 40.9. The SMILES string of the molecule is FC(F)(F)c1ccc(N(c2ccccc2)c2ccc3c(c2)c2ccccc2c2c(C4=CC=CCC4)cc(-c4ccccc4)c(-c4ccccc4)c32)cc1. The fraction of sp³-hybridized carbons (Fsp3) is 0.0612. The Kier molecular flexibility index (Phi) is 8.16. The molecule has 0 bridgehead atoms. The van der Waals surface area contributed by atoms with Crippen LogP contribution in [0.4, 0.5) is 30.2 Å². The molecule has 0 aliphatic heterocycles. The normalized spacial score (nSPS) is 13.1. The Balaban J connectivity index is 1.41. The van der Waals surface area contributed by atoms with Crippen molar-refractivity contribution in [3.63, 3.8) is 0 Å². The van der Waals surface area contributed by atoms with Crippen molar-refractivity contribution in [2.45, 2.75) is 19.0 Å². The van der Waals surface area contributed by atoms with Crippen LogP contribution in [0.5, 0.6) is 0 Å². The molecule has 8 aromatic carbocycles. The van der Waals surface area contributed by atoms with Gasteiger partial charge in [0, 0.05) is 17.1 Å². The van der Waals surface area contributed by atoms with E-state index < -0.39 is 11.7 Å². The van der Waals surface area contributed by atoms with Gasteiger partial charge in [-0.3, -0.25) is 0 Å². The van der Waals surface area contributed by atoms with Crippen LogP contribution in [0, 0.1) is 0 Å². The lowest BCUT2D eigenvalue weighted by Crippen LogP contribution is -2.11. The summed E-state index contributed by atoms with van der Waals surface area (Å²) in [7, 11) is 0. The minimum Gasteiger partial charge on any atom is -0.310 e. The molecule has 0 fully saturated rings. The predicted molar refractivity (Wildman–Crippen MR) is 216 cm³/mol. The molecule has 0 N–H and O–H groups in total. The van der Waals surface area contributed by atoms with Crippen molar-refractivity contribution in [2.75, 3.05) is 4.90 Å². The first-order chi connectivity index (χ1) is 26.0. The molecule has 0 heterocycles. The topological polar surface area (TPSA) is 3.24 Å². The van der Waals surface area contributed by atoms with Crippen LogP contribution in [-0.4, -0.2) is 0 Å². The minimum atomic E-state index is -4.42. The molecule has 8 aromatic rings. The molecule has 0 unspecified atom stereocenters. The summed E-state index contributed by atoms with van der Waals surface area (Å²) in [6, 6.07) is 54.0. The summed E-state index contributed by atoms with van der Waals surface area (Å²) in [4.78, 5) is 2.03. The summed E-state index contributed by atoms with van der Waals surface area (Å²) >= 11 is 0. The Labute approximate surface area is 306 Å². The third kappa shape index (κ3) is 5.87. The highest BCUT2D eigenvalue weighted by atomic mass is 19.4. The van der Waals surface area contributed by atoms with Crippen molar-refractivity contribution in [2.24, 2.45) is 0 Å². The summed E-state index contributed by atoms with van der Waals surface area (Å²) in [6.45, 7) is 0. The quantitative estimate of drug-likeness (QED) is 0.157. The molecule has 0 saturated carbocycles. The second-order valence-electron chi connectivity index (χ2n) is 13.5. The van der Waals surface area contributed by atoms with E-state index in [2.05, 4.69) is 127 Å². The van der Waals surface area contributed by atoms with E-state index >= 15 is 0 Å². The Bertz CT molecular complexity index is 2680. The lowest BCUT2D eigenvalue weighted by molar-refractivity contribution is -0.137. The molecule has 4 heteroatoms. The molecule has 0 radical (unpaired) electrons. The number of rotatable bonds is 6. The molecule has 53 heavy (non-hydrogen) atoms. The Hall–Kier alpha value is -6.39. The molecular weight excluding hydrogens is 660 g/mol. The molecule has 1 aliphatic rings. The van der Waals surface area contributed by atoms with Gasteiger partial charge < -0.3 is 4.90 Å². The van der Waals surface area contributed by atoms with Crippen LogP contribution in [0.2, 0.25) is 0 Å². The van der Waals surface area contributed by atoms with E-state index in [1.54, 1.807) is 12.1 Å². The van der Waals surface area contributed by atoms with Crippen LogP contribution >= 0.6 is 0 Å². The lowest BCUT2D eigenvalue weighted by atomic mass is 9.80. The standard InChI is InChI=1S/C49H34F3N/c50-49(51,52)36-25-27-38(28-26-36)53(37-21-11-4-12-22-37)39-29-30-42-45(31-39)40-23-13-14-24-41(40)47-44(34-17-7-2-8-18-34)32-43(33-15-5-1-6-16-33)46(48(42)47)35-19-9-3-10-20-35/h1-7,9-17,19-32H,8,18H2. The van der Waals surface area contributed by atoms with Crippen molar-refractivity contribution in [1.82, 2.24) is 0 Å². The molecule has 0 spiro atoms. The van der Waals surface area contributed by atoms with Gasteiger partial charge in [0.2, 0.25) is 0 Å². The van der Waals surface area contributed by atoms with E-state index in [9.17, 15) is 13.2 Å². The van der Waals surface area contributed by atoms with E-state index in [0.29, 0.717) is 5.69 Å². The minimum absolute atomic E-state index is 0.643. The van der Waals surface area contributed by atoms with Crippen molar-refractivity contribution in [3.8, 4) is 22.3 Å². The molecule has 0 atom stereocenters. The first-order valence-corrected chi connectivity index (χ1v) is 17.9. The Morgan fingerprint density at radius 2 is 1.06 bits per heavy atom. The van der Waals surface area contributed by atoms with Gasteiger partial charge in [-0.05, 0) is 133 Å². The van der Waals surface area contributed by atoms with Crippen molar-refractivity contribution < 1.29 is 13.2 Å². The monoisotopic (exact) mass is 693 g/mol. The zero-order valence-electron chi connectivity index (χ0n) is 28.8. The smallest absolute Gasteiger partial charge is 0.310 e. The van der Waals surface area contributed by atoms with E-state index in [4.69, 9.17) is 0 Å². The predicted octanol–water partition coefficient (Wildman–Crippen LogP) is 14.7. The molecule has 256 valence electrons. The molecule has 9 rings (SSSR count). The Morgan fingerprint density at radius 3 is 1.72 bits per heavy atom. The summed E-state index contributed by atoms with van der Waals surface area (Å²) in [5.74, 6) is 0. The average molecular weight is 694 g/mol. The van der Waals surface area contributed by atoms with Gasteiger partial charge in [0.25, 0.3) is 0 Å². The summed E-state index contributed by atoms with van der Waals surface area (Å²) in [5.41, 5.74) is 8.86. The summed E-state index contributed by atoms with van der Waals surface area (Å²) in [6.07, 6.45) is 4.19. The van der Waals surface area contributed by atoms with Gasteiger partial charge in [-0.2, -0.15) is 13.2 Å². The number of nitrogens with zero attached hydrogens (tertiary/aromatic N) is 1. The van der Waals surface area contributed by atoms with Crippen LogP contribution in [0.1, 0.15) is 24.0 Å². The summed E-state index contributed by atoms with van der Waals surface area (Å²) in [5, 5.41) is 6.89. The number of benzene rings is 8. The average Bonchev–Trinajstić information content (AvgIpc) is 3.21. The number of anilines is 3. The first-order valence-electron chi connectivity index (χ1n) is 17.9. The van der Waals surface area contributed by atoms with Gasteiger partial charge in [0.1, 0.15) is 0 Å². The van der Waals surface area contributed by atoms with E-state index in [1.165, 1.54) is 33.0 Å². The van der Waals surface area contributed by atoms with Crippen LogP contribution in [0.3, 0.4) is 0 Å². The van der Waals surface area contributed by atoms with E-state index in [1.807, 2.05) is 35.2 Å². The second-order valence-corrected chi connectivity index (χ2v) is 13.5. The van der Waals surface area contributed by atoms with Gasteiger partial charge in [0.05, 0.1) is 5.56 Å². The fourth-order valence-corrected chi connectivity index (χ4v) is 7.93. The zero-order valence-corrected chi connectivity index (χ0v) is 28.8. The fourth-order valence-electron chi connectivity index (χ4n) is 7.93. The van der Waals surface area contributed by atoms with Crippen molar-refractivity contribution in [3.05, 3.63) is 193 Å². The molecule has 0 aromatic heterocycles. The third-order valence-corrected chi connectivity index (χ3v) is 10.3. The molecule has 0 amide bonds. The number of fused-ring (bicyclic) bond motifs is 6. The van der Waals surface area contributed by atoms with Crippen molar-refractivity contribution in [1.29, 1.82) is 0 Å². The Morgan fingerprint density at radius 1 is 0.472 bits per heavy atom. The highest BCUT2D eigenvalue weighted by molar-refractivity contribution is 6.32. The van der Waals surface area contributed by atoms with Crippen LogP contribution in [0.25, 0.3) is 60.1 Å². The van der Waals surface area contributed by atoms with Crippen LogP contribution in [-0.2, 0) is 6.18 Å². The maximum atomic E-state index is 13.6. The number of allylic oxidation sites excluding steroid dienone is 4. The van der Waals surface area contributed by atoms with Gasteiger partial charge in [-0.15, -0.1) is 0 Å². The van der Waals surface area contributed by atoms with Gasteiger partial charge in [-0.1, -0.05) is 127 Å². The maximum absolute atomic E-state index is 13.6. The van der Waals surface area contributed by atoms with Crippen LogP contribution < -0.4 is 4.90 Å². The lowest BCUT2D eigenvalue weighted by Gasteiger charge is -2.27. The number of para-hydroxylation sites is 1. The number of halogens is 3. The number of hydrogen-bond donors (Lipinski definition) is 0. The molecular formula is C49H34F3N. The largest absolute Gasteiger partial charge is 0.416 e. The number of alkyl halides is 3. The molecule has 1 aliphatic carbocycles. The number of hydrogen-bond acceptors (Lipinski definition) is 1. The van der Waals surface area contributed by atoms with Crippen molar-refractivity contribution >= 4 is 55.0 Å². The van der Waals surface area contributed by atoms with Gasteiger partial charge in [0.15, 0.2) is 0 Å². The highest BCUT2D eigenvalue weighted by Gasteiger charge is 2.30. The highest BCUT2D eigenvalue weighted by Crippen LogP contribution is 2.50. The van der Waals surface area contributed by atoms with E-state index in [-0.39, 0.29) is 0 Å². The third-order valence-electron chi connectivity index (χ3n) is 10.3. The van der Waals surface area contributed by atoms with Gasteiger partial charge in [-0.25, -0.2) is 0 Å². The zero-order chi connectivity index (χ0) is 35.9. The van der Waals surface area contributed by atoms with E-state index in [0.717, 1.165) is 69.0 Å². The first kappa shape index (κ1) is 32.5. The van der Waals surface area contributed by atoms with Crippen LogP contribution in [0.15, 0.2) is 182 Å². The van der Waals surface area contributed by atoms with Gasteiger partial charge >= 0.3 is 6.18 Å². The second kappa shape index (κ2) is 13.3. The molecule has 0 saturated heterocycles. The maximum Gasteiger partial charge on any atom is 0.416 e. The molecule has 1 nitrogen and oxygen atoms in total.